The van der Waals surface area contributed by atoms with Crippen molar-refractivity contribution in [3.8, 4) is 5.82 Å². The zero-order chi connectivity index (χ0) is 17.2. The van der Waals surface area contributed by atoms with E-state index in [4.69, 9.17) is 0 Å². The van der Waals surface area contributed by atoms with Gasteiger partial charge in [-0.1, -0.05) is 12.1 Å². The smallest absolute Gasteiger partial charge is 0.254 e. The molecule has 1 fully saturated rings. The SMILES string of the molecule is O=C(c1ccnc(-n2ccnc2)c1)N1CCCC1c1ccc(F)cc1. The lowest BCUT2D eigenvalue weighted by Gasteiger charge is -2.25. The molecule has 3 heterocycles. The summed E-state index contributed by atoms with van der Waals surface area (Å²) in [6.07, 6.45) is 8.55. The minimum atomic E-state index is -0.265. The van der Waals surface area contributed by atoms with Crippen LogP contribution in [0.5, 0.6) is 0 Å². The van der Waals surface area contributed by atoms with E-state index in [0.717, 1.165) is 18.4 Å². The van der Waals surface area contributed by atoms with Crippen molar-refractivity contribution in [2.75, 3.05) is 6.54 Å². The van der Waals surface area contributed by atoms with E-state index in [-0.39, 0.29) is 17.8 Å². The predicted molar refractivity (Wildman–Crippen MR) is 90.8 cm³/mol. The lowest BCUT2D eigenvalue weighted by molar-refractivity contribution is 0.0735. The molecule has 1 aliphatic rings. The largest absolute Gasteiger partial charge is 0.332 e. The number of rotatable bonds is 3. The van der Waals surface area contributed by atoms with E-state index in [1.165, 1.54) is 12.1 Å². The number of halogens is 1. The van der Waals surface area contributed by atoms with Crippen molar-refractivity contribution in [3.05, 3.63) is 78.3 Å². The predicted octanol–water partition coefficient (Wildman–Crippen LogP) is 3.38. The van der Waals surface area contributed by atoms with Crippen LogP contribution >= 0.6 is 0 Å². The van der Waals surface area contributed by atoms with Crippen LogP contribution in [-0.4, -0.2) is 31.9 Å². The number of carbonyl (C=O) groups is 1. The lowest BCUT2D eigenvalue weighted by Crippen LogP contribution is -2.30. The second kappa shape index (κ2) is 6.47. The van der Waals surface area contributed by atoms with Crippen LogP contribution in [-0.2, 0) is 0 Å². The fraction of sp³-hybridized carbons (Fsp3) is 0.211. The number of likely N-dealkylation sites (tertiary alicyclic amines) is 1. The molecule has 3 aromatic rings. The van der Waals surface area contributed by atoms with Crippen LogP contribution in [0.25, 0.3) is 5.82 Å². The molecule has 6 heteroatoms. The first-order valence-electron chi connectivity index (χ1n) is 8.23. The van der Waals surface area contributed by atoms with Gasteiger partial charge < -0.3 is 4.90 Å². The third kappa shape index (κ3) is 3.03. The average molecular weight is 336 g/mol. The Kier molecular flexibility index (Phi) is 4.01. The van der Waals surface area contributed by atoms with E-state index in [1.54, 1.807) is 53.8 Å². The van der Waals surface area contributed by atoms with Crippen molar-refractivity contribution >= 4 is 5.91 Å². The fourth-order valence-corrected chi connectivity index (χ4v) is 3.29. The van der Waals surface area contributed by atoms with Crippen molar-refractivity contribution in [1.29, 1.82) is 0 Å². The van der Waals surface area contributed by atoms with Gasteiger partial charge in [0.05, 0.1) is 6.04 Å². The van der Waals surface area contributed by atoms with E-state index in [1.807, 2.05) is 4.90 Å². The summed E-state index contributed by atoms with van der Waals surface area (Å²) >= 11 is 0. The van der Waals surface area contributed by atoms with Gasteiger partial charge in [0.2, 0.25) is 0 Å². The molecule has 1 atom stereocenters. The van der Waals surface area contributed by atoms with Crippen LogP contribution in [0, 0.1) is 5.82 Å². The van der Waals surface area contributed by atoms with Gasteiger partial charge in [-0.15, -0.1) is 0 Å². The number of amides is 1. The normalized spacial score (nSPS) is 17.0. The maximum Gasteiger partial charge on any atom is 0.254 e. The van der Waals surface area contributed by atoms with Crippen LogP contribution in [0.1, 0.15) is 34.8 Å². The third-order valence-corrected chi connectivity index (χ3v) is 4.53. The highest BCUT2D eigenvalue weighted by Gasteiger charge is 2.30. The van der Waals surface area contributed by atoms with Gasteiger partial charge in [0.15, 0.2) is 0 Å². The van der Waals surface area contributed by atoms with E-state index in [9.17, 15) is 9.18 Å². The Morgan fingerprint density at radius 3 is 2.76 bits per heavy atom. The molecule has 1 unspecified atom stereocenters. The van der Waals surface area contributed by atoms with Crippen molar-refractivity contribution in [1.82, 2.24) is 19.4 Å². The monoisotopic (exact) mass is 336 g/mol. The van der Waals surface area contributed by atoms with E-state index in [2.05, 4.69) is 9.97 Å². The highest BCUT2D eigenvalue weighted by Crippen LogP contribution is 2.33. The Balaban J connectivity index is 1.61. The van der Waals surface area contributed by atoms with Crippen molar-refractivity contribution in [3.63, 3.8) is 0 Å². The van der Waals surface area contributed by atoms with Crippen LogP contribution in [0.15, 0.2) is 61.3 Å². The van der Waals surface area contributed by atoms with Gasteiger partial charge in [-0.2, -0.15) is 0 Å². The van der Waals surface area contributed by atoms with Crippen molar-refractivity contribution < 1.29 is 9.18 Å². The molecule has 0 bridgehead atoms. The van der Waals surface area contributed by atoms with E-state index in [0.29, 0.717) is 17.9 Å². The number of pyridine rings is 1. The van der Waals surface area contributed by atoms with Crippen LogP contribution < -0.4 is 0 Å². The summed E-state index contributed by atoms with van der Waals surface area (Å²) in [4.78, 5) is 23.2. The summed E-state index contributed by atoms with van der Waals surface area (Å²) in [5.74, 6) is 0.357. The highest BCUT2D eigenvalue weighted by atomic mass is 19.1. The molecule has 0 aliphatic carbocycles. The minimum absolute atomic E-state index is 0.0158. The summed E-state index contributed by atoms with van der Waals surface area (Å²) in [5.41, 5.74) is 1.56. The quantitative estimate of drug-likeness (QED) is 0.737. The third-order valence-electron chi connectivity index (χ3n) is 4.53. The first kappa shape index (κ1) is 15.5. The second-order valence-corrected chi connectivity index (χ2v) is 6.08. The molecule has 4 rings (SSSR count). The number of imidazole rings is 1. The molecule has 0 spiro atoms. The summed E-state index contributed by atoms with van der Waals surface area (Å²) in [7, 11) is 0. The highest BCUT2D eigenvalue weighted by molar-refractivity contribution is 5.95. The summed E-state index contributed by atoms with van der Waals surface area (Å²) in [6.45, 7) is 0.698. The molecule has 126 valence electrons. The Hall–Kier alpha value is -3.02. The molecule has 25 heavy (non-hydrogen) atoms. The van der Waals surface area contributed by atoms with Gasteiger partial charge in [0.1, 0.15) is 18.0 Å². The van der Waals surface area contributed by atoms with Crippen LogP contribution in [0.4, 0.5) is 4.39 Å². The maximum atomic E-state index is 13.2. The maximum absolute atomic E-state index is 13.2. The van der Waals surface area contributed by atoms with Gasteiger partial charge in [-0.3, -0.25) is 9.36 Å². The van der Waals surface area contributed by atoms with Crippen LogP contribution in [0.3, 0.4) is 0 Å². The molecule has 2 aromatic heterocycles. The Bertz CT molecular complexity index is 877. The number of nitrogens with zero attached hydrogens (tertiary/aromatic N) is 4. The summed E-state index contributed by atoms with van der Waals surface area (Å²) in [5, 5.41) is 0. The van der Waals surface area contributed by atoms with Crippen molar-refractivity contribution in [2.24, 2.45) is 0 Å². The summed E-state index contributed by atoms with van der Waals surface area (Å²) in [6, 6.07) is 9.88. The Labute approximate surface area is 144 Å². The number of aromatic nitrogens is 3. The second-order valence-electron chi connectivity index (χ2n) is 6.08. The average Bonchev–Trinajstić information content (AvgIpc) is 3.34. The zero-order valence-electron chi connectivity index (χ0n) is 13.5. The summed E-state index contributed by atoms with van der Waals surface area (Å²) < 4.78 is 14.9. The topological polar surface area (TPSA) is 51.0 Å². The van der Waals surface area contributed by atoms with E-state index < -0.39 is 0 Å². The standard InChI is InChI=1S/C19H17FN4O/c20-16-5-3-14(4-6-16)17-2-1-10-24(17)19(25)15-7-8-22-18(12-15)23-11-9-21-13-23/h3-9,11-13,17H,1-2,10H2. The fourth-order valence-electron chi connectivity index (χ4n) is 3.29. The first-order valence-corrected chi connectivity index (χ1v) is 8.23. The van der Waals surface area contributed by atoms with Gasteiger partial charge in [0.25, 0.3) is 5.91 Å². The number of carbonyl (C=O) groups excluding carboxylic acids is 1. The zero-order valence-corrected chi connectivity index (χ0v) is 13.5. The van der Waals surface area contributed by atoms with Gasteiger partial charge in [0, 0.05) is 30.7 Å². The minimum Gasteiger partial charge on any atom is -0.332 e. The van der Waals surface area contributed by atoms with E-state index >= 15 is 0 Å². The Morgan fingerprint density at radius 1 is 1.16 bits per heavy atom. The first-order chi connectivity index (χ1) is 12.2. The lowest BCUT2D eigenvalue weighted by atomic mass is 10.0. The number of benzene rings is 1. The van der Waals surface area contributed by atoms with Gasteiger partial charge in [-0.25, -0.2) is 14.4 Å². The van der Waals surface area contributed by atoms with Crippen molar-refractivity contribution in [2.45, 2.75) is 18.9 Å². The molecule has 5 nitrogen and oxygen atoms in total. The van der Waals surface area contributed by atoms with Gasteiger partial charge in [-0.05, 0) is 42.7 Å². The molecular formula is C19H17FN4O. The molecule has 0 saturated carbocycles. The molecule has 1 amide bonds. The molecule has 0 N–H and O–H groups in total. The molecule has 1 saturated heterocycles. The molecule has 1 aromatic carbocycles. The van der Waals surface area contributed by atoms with Gasteiger partial charge >= 0.3 is 0 Å². The molecular weight excluding hydrogens is 319 g/mol. The molecule has 1 aliphatic heterocycles. The number of hydrogen-bond acceptors (Lipinski definition) is 3. The van der Waals surface area contributed by atoms with Crippen LogP contribution in [0.2, 0.25) is 0 Å². The molecule has 0 radical (unpaired) electrons. The number of hydrogen-bond donors (Lipinski definition) is 0. The Morgan fingerprint density at radius 2 is 2.00 bits per heavy atom.